The van der Waals surface area contributed by atoms with E-state index in [0.717, 1.165) is 28.2 Å². The molecule has 0 atom stereocenters. The second kappa shape index (κ2) is 7.38. The highest BCUT2D eigenvalue weighted by atomic mass is 32.1. The van der Waals surface area contributed by atoms with Crippen LogP contribution in [-0.4, -0.2) is 10.3 Å². The Bertz CT molecular complexity index is 743. The van der Waals surface area contributed by atoms with Crippen LogP contribution in [0.15, 0.2) is 24.3 Å². The first-order chi connectivity index (χ1) is 10.9. The van der Waals surface area contributed by atoms with E-state index in [1.165, 1.54) is 11.5 Å². The SMILES string of the molecule is CC(=O)N(Cc1cccc(C#N)c1)c1snc(CC(C)C)c1C. The molecule has 0 radical (unpaired) electrons. The minimum absolute atomic E-state index is 0.0183. The van der Waals surface area contributed by atoms with E-state index in [4.69, 9.17) is 5.26 Å². The predicted octanol–water partition coefficient (Wildman–Crippen LogP) is 4.07. The zero-order chi connectivity index (χ0) is 17.0. The highest BCUT2D eigenvalue weighted by Crippen LogP contribution is 2.31. The Hall–Kier alpha value is -2.19. The lowest BCUT2D eigenvalue weighted by atomic mass is 10.1. The van der Waals surface area contributed by atoms with Gasteiger partial charge in [-0.25, -0.2) is 0 Å². The Morgan fingerprint density at radius 2 is 2.17 bits per heavy atom. The van der Waals surface area contributed by atoms with Crippen molar-refractivity contribution in [1.82, 2.24) is 4.37 Å². The molecule has 2 rings (SSSR count). The lowest BCUT2D eigenvalue weighted by molar-refractivity contribution is -0.116. The molecule has 2 aromatic rings. The fraction of sp³-hybridized carbons (Fsp3) is 0.389. The first-order valence-corrected chi connectivity index (χ1v) is 8.42. The number of hydrogen-bond acceptors (Lipinski definition) is 4. The molecule has 1 aromatic heterocycles. The van der Waals surface area contributed by atoms with Gasteiger partial charge in [-0.2, -0.15) is 9.64 Å². The van der Waals surface area contributed by atoms with Gasteiger partial charge < -0.3 is 0 Å². The summed E-state index contributed by atoms with van der Waals surface area (Å²) in [4.78, 5) is 13.9. The van der Waals surface area contributed by atoms with Crippen molar-refractivity contribution in [3.8, 4) is 6.07 Å². The van der Waals surface area contributed by atoms with Crippen molar-refractivity contribution in [2.45, 2.75) is 40.7 Å². The van der Waals surface area contributed by atoms with Crippen LogP contribution in [-0.2, 0) is 17.8 Å². The topological polar surface area (TPSA) is 57.0 Å². The third kappa shape index (κ3) is 4.17. The lowest BCUT2D eigenvalue weighted by Crippen LogP contribution is -2.27. The van der Waals surface area contributed by atoms with E-state index in [2.05, 4.69) is 24.3 Å². The van der Waals surface area contributed by atoms with Crippen molar-refractivity contribution in [3.05, 3.63) is 46.6 Å². The van der Waals surface area contributed by atoms with Crippen molar-refractivity contribution < 1.29 is 4.79 Å². The average Bonchev–Trinajstić information content (AvgIpc) is 2.85. The minimum atomic E-state index is -0.0183. The fourth-order valence-corrected chi connectivity index (χ4v) is 3.39. The first kappa shape index (κ1) is 17.2. The molecule has 1 aromatic carbocycles. The van der Waals surface area contributed by atoms with E-state index < -0.39 is 0 Å². The quantitative estimate of drug-likeness (QED) is 0.831. The molecule has 0 aliphatic carbocycles. The van der Waals surface area contributed by atoms with E-state index in [9.17, 15) is 4.79 Å². The van der Waals surface area contributed by atoms with Gasteiger partial charge in [0.15, 0.2) is 0 Å². The number of nitrogens with zero attached hydrogens (tertiary/aromatic N) is 3. The summed E-state index contributed by atoms with van der Waals surface area (Å²) in [6, 6.07) is 9.49. The Balaban J connectivity index is 2.30. The van der Waals surface area contributed by atoms with Gasteiger partial charge in [-0.05, 0) is 48.5 Å². The van der Waals surface area contributed by atoms with E-state index in [1.54, 1.807) is 17.9 Å². The van der Waals surface area contributed by atoms with Crippen molar-refractivity contribution >= 4 is 22.4 Å². The van der Waals surface area contributed by atoms with Crippen LogP contribution in [0.4, 0.5) is 5.00 Å². The van der Waals surface area contributed by atoms with Crippen molar-refractivity contribution in [2.75, 3.05) is 4.90 Å². The summed E-state index contributed by atoms with van der Waals surface area (Å²) < 4.78 is 4.53. The van der Waals surface area contributed by atoms with Gasteiger partial charge in [0.1, 0.15) is 5.00 Å². The number of nitriles is 1. The number of carbonyl (C=O) groups excluding carboxylic acids is 1. The molecule has 5 heteroatoms. The molecule has 0 spiro atoms. The molecular weight excluding hydrogens is 306 g/mol. The van der Waals surface area contributed by atoms with Gasteiger partial charge >= 0.3 is 0 Å². The number of aromatic nitrogens is 1. The third-order valence-corrected chi connectivity index (χ3v) is 4.63. The van der Waals surface area contributed by atoms with Gasteiger partial charge in [-0.15, -0.1) is 0 Å². The van der Waals surface area contributed by atoms with Gasteiger partial charge in [-0.3, -0.25) is 9.69 Å². The number of hydrogen-bond donors (Lipinski definition) is 0. The Morgan fingerprint density at radius 1 is 1.43 bits per heavy atom. The minimum Gasteiger partial charge on any atom is -0.298 e. The maximum Gasteiger partial charge on any atom is 0.224 e. The molecule has 0 bridgehead atoms. The Kier molecular flexibility index (Phi) is 5.51. The van der Waals surface area contributed by atoms with Crippen LogP contribution in [0.25, 0.3) is 0 Å². The molecule has 0 aliphatic heterocycles. The molecule has 0 saturated heterocycles. The Labute approximate surface area is 141 Å². The number of rotatable bonds is 5. The van der Waals surface area contributed by atoms with E-state index in [1.807, 2.05) is 25.1 Å². The maximum absolute atomic E-state index is 12.1. The van der Waals surface area contributed by atoms with Crippen LogP contribution in [0.5, 0.6) is 0 Å². The number of carbonyl (C=O) groups is 1. The molecule has 4 nitrogen and oxygen atoms in total. The van der Waals surface area contributed by atoms with Crippen LogP contribution in [0, 0.1) is 24.2 Å². The van der Waals surface area contributed by atoms with Gasteiger partial charge in [0, 0.05) is 12.5 Å². The number of benzene rings is 1. The summed E-state index contributed by atoms with van der Waals surface area (Å²) in [5, 5.41) is 9.91. The van der Waals surface area contributed by atoms with Crippen LogP contribution < -0.4 is 4.90 Å². The summed E-state index contributed by atoms with van der Waals surface area (Å²) in [7, 11) is 0. The fourth-order valence-electron chi connectivity index (χ4n) is 2.44. The van der Waals surface area contributed by atoms with E-state index in [0.29, 0.717) is 18.0 Å². The third-order valence-electron chi connectivity index (χ3n) is 3.62. The summed E-state index contributed by atoms with van der Waals surface area (Å²) in [5.41, 5.74) is 3.69. The smallest absolute Gasteiger partial charge is 0.224 e. The maximum atomic E-state index is 12.1. The molecule has 0 N–H and O–H groups in total. The van der Waals surface area contributed by atoms with Crippen molar-refractivity contribution in [3.63, 3.8) is 0 Å². The highest BCUT2D eigenvalue weighted by molar-refractivity contribution is 7.10. The second-order valence-corrected chi connectivity index (χ2v) is 6.83. The normalized spacial score (nSPS) is 10.6. The molecule has 1 heterocycles. The average molecular weight is 327 g/mol. The van der Waals surface area contributed by atoms with Crippen molar-refractivity contribution in [1.29, 1.82) is 5.26 Å². The summed E-state index contributed by atoms with van der Waals surface area (Å²) in [6.45, 7) is 8.37. The van der Waals surface area contributed by atoms with Gasteiger partial charge in [-0.1, -0.05) is 26.0 Å². The van der Waals surface area contributed by atoms with Crippen LogP contribution >= 0.6 is 11.5 Å². The van der Waals surface area contributed by atoms with Gasteiger partial charge in [0.05, 0.1) is 23.9 Å². The molecule has 0 unspecified atom stereocenters. The summed E-state index contributed by atoms with van der Waals surface area (Å²) >= 11 is 1.37. The molecule has 1 amide bonds. The molecular formula is C18H21N3OS. The lowest BCUT2D eigenvalue weighted by Gasteiger charge is -2.20. The van der Waals surface area contributed by atoms with Gasteiger partial charge in [0.25, 0.3) is 0 Å². The highest BCUT2D eigenvalue weighted by Gasteiger charge is 2.20. The van der Waals surface area contributed by atoms with E-state index >= 15 is 0 Å². The zero-order valence-electron chi connectivity index (χ0n) is 14.0. The van der Waals surface area contributed by atoms with E-state index in [-0.39, 0.29) is 5.91 Å². The Morgan fingerprint density at radius 3 is 2.78 bits per heavy atom. The predicted molar refractivity (Wildman–Crippen MR) is 93.4 cm³/mol. The summed E-state index contributed by atoms with van der Waals surface area (Å²) in [6.07, 6.45) is 0.915. The summed E-state index contributed by atoms with van der Waals surface area (Å²) in [5.74, 6) is 0.511. The second-order valence-electron chi connectivity index (χ2n) is 6.07. The van der Waals surface area contributed by atoms with Crippen molar-refractivity contribution in [2.24, 2.45) is 5.92 Å². The largest absolute Gasteiger partial charge is 0.298 e. The first-order valence-electron chi connectivity index (χ1n) is 7.64. The number of anilines is 1. The molecule has 0 fully saturated rings. The zero-order valence-corrected chi connectivity index (χ0v) is 14.8. The molecule has 0 saturated carbocycles. The standard InChI is InChI=1S/C18H21N3OS/c1-12(2)8-17-13(3)18(23-20-17)21(14(4)22)11-16-7-5-6-15(9-16)10-19/h5-7,9,12H,8,11H2,1-4H3. The van der Waals surface area contributed by atoms with Crippen LogP contribution in [0.1, 0.15) is 43.2 Å². The number of amides is 1. The van der Waals surface area contributed by atoms with Crippen LogP contribution in [0.2, 0.25) is 0 Å². The van der Waals surface area contributed by atoms with Gasteiger partial charge in [0.2, 0.25) is 5.91 Å². The molecule has 120 valence electrons. The monoisotopic (exact) mass is 327 g/mol. The molecule has 0 aliphatic rings. The molecule has 23 heavy (non-hydrogen) atoms. The van der Waals surface area contributed by atoms with Crippen LogP contribution in [0.3, 0.4) is 0 Å².